The van der Waals surface area contributed by atoms with Gasteiger partial charge in [-0.1, -0.05) is 0 Å². The minimum Gasteiger partial charge on any atom is -0.379 e. The van der Waals surface area contributed by atoms with Crippen molar-refractivity contribution >= 4 is 11.8 Å². The van der Waals surface area contributed by atoms with Crippen LogP contribution in [0.2, 0.25) is 0 Å². The molecule has 0 spiro atoms. The number of anilines is 2. The molecule has 8 nitrogen and oxygen atoms in total. The molecule has 0 bridgehead atoms. The van der Waals surface area contributed by atoms with E-state index in [0.717, 1.165) is 89.9 Å². The second kappa shape index (κ2) is 11.1. The van der Waals surface area contributed by atoms with Gasteiger partial charge in [-0.2, -0.15) is 4.98 Å². The maximum atomic E-state index is 5.82. The molecule has 0 amide bonds. The van der Waals surface area contributed by atoms with Crippen molar-refractivity contribution in [1.82, 2.24) is 9.97 Å². The molecule has 29 heavy (non-hydrogen) atoms. The van der Waals surface area contributed by atoms with Crippen molar-refractivity contribution < 1.29 is 18.9 Å². The van der Waals surface area contributed by atoms with E-state index < -0.39 is 0 Å². The molecule has 2 aliphatic heterocycles. The fourth-order valence-electron chi connectivity index (χ4n) is 3.57. The summed E-state index contributed by atoms with van der Waals surface area (Å²) in [6.07, 6.45) is 6.90. The molecule has 1 aromatic rings. The van der Waals surface area contributed by atoms with Gasteiger partial charge in [-0.3, -0.25) is 0 Å². The van der Waals surface area contributed by atoms with E-state index in [0.29, 0.717) is 11.9 Å². The summed E-state index contributed by atoms with van der Waals surface area (Å²) in [5.41, 5.74) is 1.14. The Balaban J connectivity index is 1.17. The van der Waals surface area contributed by atoms with Crippen molar-refractivity contribution in [3.8, 4) is 0 Å². The lowest BCUT2D eigenvalue weighted by Gasteiger charge is -2.13. The van der Waals surface area contributed by atoms with Gasteiger partial charge in [-0.15, -0.1) is 0 Å². The van der Waals surface area contributed by atoms with Crippen molar-refractivity contribution in [3.63, 3.8) is 0 Å². The Labute approximate surface area is 173 Å². The predicted molar refractivity (Wildman–Crippen MR) is 111 cm³/mol. The third kappa shape index (κ3) is 7.06. The van der Waals surface area contributed by atoms with Gasteiger partial charge in [-0.05, 0) is 38.5 Å². The van der Waals surface area contributed by atoms with Gasteiger partial charge in [0.15, 0.2) is 0 Å². The van der Waals surface area contributed by atoms with Crippen molar-refractivity contribution in [3.05, 3.63) is 11.8 Å². The molecule has 4 rings (SSSR count). The Kier molecular flexibility index (Phi) is 7.92. The largest absolute Gasteiger partial charge is 0.379 e. The van der Waals surface area contributed by atoms with Gasteiger partial charge in [0.05, 0.1) is 31.1 Å². The Morgan fingerprint density at radius 3 is 2.10 bits per heavy atom. The highest BCUT2D eigenvalue weighted by molar-refractivity contribution is 5.44. The van der Waals surface area contributed by atoms with Crippen LogP contribution in [0.25, 0.3) is 0 Å². The number of ether oxygens (including phenoxy) is 4. The number of rotatable bonds is 13. The maximum Gasteiger partial charge on any atom is 0.224 e. The topological polar surface area (TPSA) is 86.8 Å². The second-order valence-electron chi connectivity index (χ2n) is 8.05. The molecule has 0 radical (unpaired) electrons. The van der Waals surface area contributed by atoms with Crippen LogP contribution in [0.3, 0.4) is 0 Å². The standard InChI is InChI=1S/C21H34N4O4/c1(9-28-17-5-11-26-14-17)7-22-20-13-19(16-3-4-16)24-21(25-20)23-8-2-10-29-18-6-12-27-15-18/h13,16-18H,1-12,14-15H2,(H2,22,23,24,25)/t17-,18-/m0/s1. The summed E-state index contributed by atoms with van der Waals surface area (Å²) < 4.78 is 22.3. The molecule has 8 heteroatoms. The summed E-state index contributed by atoms with van der Waals surface area (Å²) in [5.74, 6) is 2.20. The van der Waals surface area contributed by atoms with E-state index in [9.17, 15) is 0 Å². The van der Waals surface area contributed by atoms with Crippen LogP contribution in [0, 0.1) is 0 Å². The SMILES string of the molecule is c1c(NCCCO[C@H]2CCOC2)nc(NCCCO[C@H]2CCOC2)nc1C1CC1. The average molecular weight is 407 g/mol. The van der Waals surface area contributed by atoms with Crippen LogP contribution in [0.5, 0.6) is 0 Å². The Morgan fingerprint density at radius 1 is 0.862 bits per heavy atom. The molecule has 3 fully saturated rings. The van der Waals surface area contributed by atoms with Crippen LogP contribution in [-0.2, 0) is 18.9 Å². The smallest absolute Gasteiger partial charge is 0.224 e. The van der Waals surface area contributed by atoms with Gasteiger partial charge >= 0.3 is 0 Å². The highest BCUT2D eigenvalue weighted by Gasteiger charge is 2.26. The Bertz CT molecular complexity index is 572. The first kappa shape index (κ1) is 20.8. The number of nitrogens with zero attached hydrogens (tertiary/aromatic N) is 2. The van der Waals surface area contributed by atoms with E-state index in [4.69, 9.17) is 23.9 Å². The third-order valence-electron chi connectivity index (χ3n) is 5.46. The van der Waals surface area contributed by atoms with E-state index in [1.807, 2.05) is 0 Å². The molecular formula is C21H34N4O4. The van der Waals surface area contributed by atoms with Crippen molar-refractivity contribution in [2.24, 2.45) is 0 Å². The molecule has 3 aliphatic rings. The zero-order valence-electron chi connectivity index (χ0n) is 17.2. The summed E-state index contributed by atoms with van der Waals surface area (Å²) in [7, 11) is 0. The number of aromatic nitrogens is 2. The molecular weight excluding hydrogens is 372 g/mol. The van der Waals surface area contributed by atoms with Crippen LogP contribution in [-0.4, -0.2) is 74.9 Å². The van der Waals surface area contributed by atoms with Crippen LogP contribution < -0.4 is 10.6 Å². The maximum absolute atomic E-state index is 5.82. The summed E-state index contributed by atoms with van der Waals surface area (Å²) in [6.45, 7) is 6.24. The van der Waals surface area contributed by atoms with Gasteiger partial charge in [0.25, 0.3) is 0 Å². The molecule has 162 valence electrons. The molecule has 2 N–H and O–H groups in total. The van der Waals surface area contributed by atoms with E-state index in [2.05, 4.69) is 21.7 Å². The van der Waals surface area contributed by atoms with E-state index in [1.165, 1.54) is 12.8 Å². The highest BCUT2D eigenvalue weighted by atomic mass is 16.5. The van der Waals surface area contributed by atoms with Gasteiger partial charge in [0.2, 0.25) is 5.95 Å². The van der Waals surface area contributed by atoms with Crippen molar-refractivity contribution in [2.45, 2.75) is 56.7 Å². The van der Waals surface area contributed by atoms with Crippen LogP contribution >= 0.6 is 0 Å². The monoisotopic (exact) mass is 406 g/mol. The first-order chi connectivity index (χ1) is 14.4. The van der Waals surface area contributed by atoms with Crippen molar-refractivity contribution in [2.75, 3.05) is 63.4 Å². The molecule has 1 aliphatic carbocycles. The van der Waals surface area contributed by atoms with Gasteiger partial charge < -0.3 is 29.6 Å². The molecule has 2 atom stereocenters. The summed E-state index contributed by atoms with van der Waals surface area (Å²) >= 11 is 0. The molecule has 1 saturated carbocycles. The third-order valence-corrected chi connectivity index (χ3v) is 5.46. The molecule has 2 saturated heterocycles. The summed E-state index contributed by atoms with van der Waals surface area (Å²) in [6, 6.07) is 2.09. The van der Waals surface area contributed by atoms with Crippen LogP contribution in [0.1, 0.15) is 50.1 Å². The highest BCUT2D eigenvalue weighted by Crippen LogP contribution is 2.39. The molecule has 1 aromatic heterocycles. The second-order valence-corrected chi connectivity index (χ2v) is 8.05. The summed E-state index contributed by atoms with van der Waals surface area (Å²) in [5, 5.41) is 6.79. The van der Waals surface area contributed by atoms with Crippen molar-refractivity contribution in [1.29, 1.82) is 0 Å². The minimum atomic E-state index is 0.269. The quantitative estimate of drug-likeness (QED) is 0.484. The fraction of sp³-hybridized carbons (Fsp3) is 0.810. The lowest BCUT2D eigenvalue weighted by Crippen LogP contribution is -2.16. The number of nitrogens with one attached hydrogen (secondary N) is 2. The molecule has 0 unspecified atom stereocenters. The molecule has 0 aromatic carbocycles. The molecule has 3 heterocycles. The van der Waals surface area contributed by atoms with Gasteiger partial charge in [-0.25, -0.2) is 4.98 Å². The predicted octanol–water partition coefficient (Wildman–Crippen LogP) is 2.57. The fourth-order valence-corrected chi connectivity index (χ4v) is 3.57. The first-order valence-electron chi connectivity index (χ1n) is 11.1. The van der Waals surface area contributed by atoms with Gasteiger partial charge in [0, 0.05) is 51.5 Å². The lowest BCUT2D eigenvalue weighted by atomic mass is 10.2. The number of hydrogen-bond donors (Lipinski definition) is 2. The lowest BCUT2D eigenvalue weighted by molar-refractivity contribution is 0.0427. The van der Waals surface area contributed by atoms with Crippen LogP contribution in [0.4, 0.5) is 11.8 Å². The van der Waals surface area contributed by atoms with Crippen LogP contribution in [0.15, 0.2) is 6.07 Å². The Morgan fingerprint density at radius 2 is 1.52 bits per heavy atom. The zero-order chi connectivity index (χ0) is 19.7. The minimum absolute atomic E-state index is 0.269. The summed E-state index contributed by atoms with van der Waals surface area (Å²) in [4.78, 5) is 9.34. The van der Waals surface area contributed by atoms with E-state index in [-0.39, 0.29) is 12.2 Å². The normalized spacial score (nSPS) is 24.1. The first-order valence-corrected chi connectivity index (χ1v) is 11.1. The van der Waals surface area contributed by atoms with E-state index in [1.54, 1.807) is 0 Å². The average Bonchev–Trinajstić information content (AvgIpc) is 3.21. The Hall–Kier alpha value is -1.48. The van der Waals surface area contributed by atoms with Gasteiger partial charge in [0.1, 0.15) is 5.82 Å². The zero-order valence-corrected chi connectivity index (χ0v) is 17.2. The number of hydrogen-bond acceptors (Lipinski definition) is 8. The van der Waals surface area contributed by atoms with E-state index >= 15 is 0 Å².